The number of hydrogen-bond donors (Lipinski definition) is 3. The fourth-order valence-corrected chi connectivity index (χ4v) is 4.89. The predicted molar refractivity (Wildman–Crippen MR) is 131 cm³/mol. The van der Waals surface area contributed by atoms with Crippen LogP contribution in [0.4, 0.5) is 0 Å². The Bertz CT molecular complexity index is 1310. The molecule has 0 spiro atoms. The van der Waals surface area contributed by atoms with Crippen molar-refractivity contribution in [2.75, 3.05) is 0 Å². The molecule has 4 N–H and O–H groups in total. The Morgan fingerprint density at radius 1 is 0.939 bits per heavy atom. The highest BCUT2D eigenvalue weighted by atomic mass is 16.1. The molecule has 5 rings (SSSR count). The molecule has 1 aliphatic rings. The third kappa shape index (κ3) is 4.47. The number of carbonyl (C=O) groups is 1. The summed E-state index contributed by atoms with van der Waals surface area (Å²) in [4.78, 5) is 26.9. The molecule has 0 aliphatic heterocycles. The van der Waals surface area contributed by atoms with E-state index in [9.17, 15) is 9.59 Å². The number of carbonyl (C=O) groups excluding carboxylic acids is 1. The van der Waals surface area contributed by atoms with Crippen molar-refractivity contribution in [3.8, 4) is 11.1 Å². The molecule has 0 saturated heterocycles. The van der Waals surface area contributed by atoms with Gasteiger partial charge in [0.2, 0.25) is 5.91 Å². The molecule has 3 aromatic carbocycles. The minimum Gasteiger partial charge on any atom is -0.366 e. The molecule has 0 unspecified atom stereocenters. The number of primary amides is 1. The van der Waals surface area contributed by atoms with E-state index >= 15 is 0 Å². The molecule has 4 aromatic rings. The molecule has 6 nitrogen and oxygen atoms in total. The highest BCUT2D eigenvalue weighted by Gasteiger charge is 2.25. The third-order valence-electron chi connectivity index (χ3n) is 6.72. The Morgan fingerprint density at radius 2 is 1.64 bits per heavy atom. The second kappa shape index (κ2) is 9.08. The Hall–Kier alpha value is -3.64. The maximum absolute atomic E-state index is 12.6. The average molecular weight is 441 g/mol. The lowest BCUT2D eigenvalue weighted by Crippen LogP contribution is -2.35. The first kappa shape index (κ1) is 21.2. The molecular weight excluding hydrogens is 412 g/mol. The van der Waals surface area contributed by atoms with Gasteiger partial charge in [0.1, 0.15) is 0 Å². The number of nitrogens with zero attached hydrogens (tertiary/aromatic N) is 1. The molecule has 1 aliphatic carbocycles. The summed E-state index contributed by atoms with van der Waals surface area (Å²) in [6.07, 6.45) is 3.92. The lowest BCUT2D eigenvalue weighted by molar-refractivity contribution is 0.100. The molecule has 1 saturated carbocycles. The largest absolute Gasteiger partial charge is 0.366 e. The summed E-state index contributed by atoms with van der Waals surface area (Å²) in [5.41, 5.74) is 10.9. The van der Waals surface area contributed by atoms with E-state index in [1.54, 1.807) is 12.1 Å². The second-order valence-corrected chi connectivity index (χ2v) is 8.85. The van der Waals surface area contributed by atoms with Crippen LogP contribution in [0, 0.1) is 0 Å². The maximum Gasteiger partial charge on any atom is 0.326 e. The van der Waals surface area contributed by atoms with Gasteiger partial charge in [-0.1, -0.05) is 54.6 Å². The SMILES string of the molecule is NC(=O)c1ccc2c(c1)[nH]c(=O)n2C1CCC(NCc2ccc(-c3ccccc3)cc2)CC1. The molecule has 1 aromatic heterocycles. The fraction of sp³-hybridized carbons (Fsp3) is 0.259. The lowest BCUT2D eigenvalue weighted by atomic mass is 9.90. The van der Waals surface area contributed by atoms with Crippen molar-refractivity contribution in [1.82, 2.24) is 14.9 Å². The molecule has 0 radical (unpaired) electrons. The van der Waals surface area contributed by atoms with Gasteiger partial charge < -0.3 is 16.0 Å². The Labute approximate surface area is 192 Å². The van der Waals surface area contributed by atoms with Crippen LogP contribution in [0.1, 0.15) is 47.6 Å². The Kier molecular flexibility index (Phi) is 5.84. The Balaban J connectivity index is 1.19. The number of H-pyrrole nitrogens is 1. The van der Waals surface area contributed by atoms with E-state index in [1.165, 1.54) is 16.7 Å². The molecule has 1 amide bonds. The van der Waals surface area contributed by atoms with Gasteiger partial charge in [-0.05, 0) is 60.6 Å². The van der Waals surface area contributed by atoms with E-state index in [2.05, 4.69) is 58.8 Å². The first-order valence-corrected chi connectivity index (χ1v) is 11.5. The van der Waals surface area contributed by atoms with E-state index in [4.69, 9.17) is 5.73 Å². The van der Waals surface area contributed by atoms with Gasteiger partial charge in [-0.15, -0.1) is 0 Å². The van der Waals surface area contributed by atoms with Gasteiger partial charge in [-0.2, -0.15) is 0 Å². The van der Waals surface area contributed by atoms with Crippen LogP contribution in [0.3, 0.4) is 0 Å². The minimum absolute atomic E-state index is 0.124. The molecule has 1 heterocycles. The molecule has 33 heavy (non-hydrogen) atoms. The van der Waals surface area contributed by atoms with Gasteiger partial charge in [0, 0.05) is 24.2 Å². The zero-order valence-corrected chi connectivity index (χ0v) is 18.5. The van der Waals surface area contributed by atoms with E-state index in [-0.39, 0.29) is 11.7 Å². The number of hydrogen-bond acceptors (Lipinski definition) is 3. The maximum atomic E-state index is 12.6. The van der Waals surface area contributed by atoms with E-state index in [0.29, 0.717) is 17.1 Å². The van der Waals surface area contributed by atoms with Gasteiger partial charge in [0.25, 0.3) is 0 Å². The predicted octanol–water partition coefficient (Wildman–Crippen LogP) is 4.37. The molecule has 168 valence electrons. The number of nitrogens with one attached hydrogen (secondary N) is 2. The highest BCUT2D eigenvalue weighted by Crippen LogP contribution is 2.30. The topological polar surface area (TPSA) is 92.9 Å². The normalized spacial score (nSPS) is 18.4. The number of aromatic nitrogens is 2. The van der Waals surface area contributed by atoms with Crippen LogP contribution >= 0.6 is 0 Å². The van der Waals surface area contributed by atoms with Crippen LogP contribution in [0.2, 0.25) is 0 Å². The first-order chi connectivity index (χ1) is 16.1. The van der Waals surface area contributed by atoms with Crippen molar-refractivity contribution >= 4 is 16.9 Å². The number of benzene rings is 3. The zero-order valence-electron chi connectivity index (χ0n) is 18.5. The summed E-state index contributed by atoms with van der Waals surface area (Å²) >= 11 is 0. The van der Waals surface area contributed by atoms with Gasteiger partial charge in [0.15, 0.2) is 0 Å². The molecule has 6 heteroatoms. The standard InChI is InChI=1S/C27H28N4O2/c28-26(32)21-10-15-25-24(16-21)30-27(33)31(25)23-13-11-22(12-14-23)29-17-18-6-8-20(9-7-18)19-4-2-1-3-5-19/h1-10,15-16,22-23,29H,11-14,17H2,(H2,28,32)(H,30,33). The number of nitrogens with two attached hydrogens (primary N) is 1. The molecule has 1 fully saturated rings. The van der Waals surface area contributed by atoms with Crippen LogP contribution < -0.4 is 16.7 Å². The van der Waals surface area contributed by atoms with Crippen LogP contribution in [0.15, 0.2) is 77.6 Å². The van der Waals surface area contributed by atoms with Crippen molar-refractivity contribution < 1.29 is 4.79 Å². The van der Waals surface area contributed by atoms with Gasteiger partial charge in [-0.25, -0.2) is 4.79 Å². The molecular formula is C27H28N4O2. The lowest BCUT2D eigenvalue weighted by Gasteiger charge is -2.30. The van der Waals surface area contributed by atoms with Crippen molar-refractivity contribution in [3.63, 3.8) is 0 Å². The minimum atomic E-state index is -0.494. The molecule has 0 atom stereocenters. The van der Waals surface area contributed by atoms with Crippen molar-refractivity contribution in [3.05, 3.63) is 94.4 Å². The highest BCUT2D eigenvalue weighted by molar-refractivity contribution is 5.96. The van der Waals surface area contributed by atoms with Gasteiger partial charge >= 0.3 is 5.69 Å². The van der Waals surface area contributed by atoms with Gasteiger partial charge in [0.05, 0.1) is 11.0 Å². The second-order valence-electron chi connectivity index (χ2n) is 8.85. The van der Waals surface area contributed by atoms with Crippen molar-refractivity contribution in [2.45, 2.75) is 44.3 Å². The first-order valence-electron chi connectivity index (χ1n) is 11.5. The zero-order chi connectivity index (χ0) is 22.8. The number of amides is 1. The van der Waals surface area contributed by atoms with Crippen molar-refractivity contribution in [1.29, 1.82) is 0 Å². The summed E-state index contributed by atoms with van der Waals surface area (Å²) in [5, 5.41) is 3.69. The Morgan fingerprint density at radius 3 is 2.33 bits per heavy atom. The summed E-state index contributed by atoms with van der Waals surface area (Å²) in [6, 6.07) is 24.9. The summed E-state index contributed by atoms with van der Waals surface area (Å²) in [5.74, 6) is -0.494. The van der Waals surface area contributed by atoms with Crippen LogP contribution in [-0.4, -0.2) is 21.5 Å². The number of imidazole rings is 1. The monoisotopic (exact) mass is 440 g/mol. The summed E-state index contributed by atoms with van der Waals surface area (Å²) in [6.45, 7) is 0.841. The quantitative estimate of drug-likeness (QED) is 0.416. The fourth-order valence-electron chi connectivity index (χ4n) is 4.89. The van der Waals surface area contributed by atoms with Crippen LogP contribution in [0.25, 0.3) is 22.2 Å². The van der Waals surface area contributed by atoms with Crippen LogP contribution in [-0.2, 0) is 6.54 Å². The molecule has 0 bridgehead atoms. The van der Waals surface area contributed by atoms with E-state index < -0.39 is 5.91 Å². The van der Waals surface area contributed by atoms with E-state index in [1.807, 2.05) is 16.7 Å². The van der Waals surface area contributed by atoms with Crippen LogP contribution in [0.5, 0.6) is 0 Å². The van der Waals surface area contributed by atoms with Gasteiger partial charge in [-0.3, -0.25) is 9.36 Å². The summed E-state index contributed by atoms with van der Waals surface area (Å²) < 4.78 is 1.85. The smallest absolute Gasteiger partial charge is 0.326 e. The number of fused-ring (bicyclic) bond motifs is 1. The summed E-state index contributed by atoms with van der Waals surface area (Å²) in [7, 11) is 0. The average Bonchev–Trinajstić information content (AvgIpc) is 3.19. The van der Waals surface area contributed by atoms with Crippen molar-refractivity contribution in [2.24, 2.45) is 5.73 Å². The van der Waals surface area contributed by atoms with E-state index in [0.717, 1.165) is 37.7 Å². The number of aromatic amines is 1. The third-order valence-corrected chi connectivity index (χ3v) is 6.72. The number of rotatable bonds is 6.